The van der Waals surface area contributed by atoms with Crippen molar-refractivity contribution in [3.8, 4) is 11.4 Å². The fraction of sp³-hybridized carbons (Fsp3) is 0.333. The number of aromatic nitrogens is 2. The number of nitrogens with zero attached hydrogens (tertiary/aromatic N) is 2. The van der Waals surface area contributed by atoms with E-state index in [9.17, 15) is 0 Å². The van der Waals surface area contributed by atoms with Crippen molar-refractivity contribution in [3.63, 3.8) is 0 Å². The van der Waals surface area contributed by atoms with Crippen molar-refractivity contribution in [2.24, 2.45) is 0 Å². The number of hydrogen-bond acceptors (Lipinski definition) is 3. The average molecular weight is 239 g/mol. The molecule has 2 N–H and O–H groups in total. The number of fused-ring (bicyclic) bond motifs is 1. The van der Waals surface area contributed by atoms with Crippen LogP contribution >= 0.6 is 0 Å². The number of hydrogen-bond donors (Lipinski definition) is 1. The molecule has 0 fully saturated rings. The molecule has 1 heterocycles. The molecule has 0 amide bonds. The van der Waals surface area contributed by atoms with Gasteiger partial charge in [-0.05, 0) is 25.7 Å². The van der Waals surface area contributed by atoms with Gasteiger partial charge in [0.05, 0.1) is 0 Å². The molecule has 1 aliphatic carbocycles. The van der Waals surface area contributed by atoms with Crippen molar-refractivity contribution in [2.45, 2.75) is 32.1 Å². The lowest BCUT2D eigenvalue weighted by Gasteiger charge is -2.10. The summed E-state index contributed by atoms with van der Waals surface area (Å²) in [6, 6.07) is 10.0. The van der Waals surface area contributed by atoms with Crippen molar-refractivity contribution in [1.82, 2.24) is 9.97 Å². The van der Waals surface area contributed by atoms with Crippen LogP contribution in [0.25, 0.3) is 11.4 Å². The third-order valence-corrected chi connectivity index (χ3v) is 3.50. The summed E-state index contributed by atoms with van der Waals surface area (Å²) in [5.74, 6) is 1.43. The van der Waals surface area contributed by atoms with Crippen LogP contribution in [0.15, 0.2) is 30.3 Å². The predicted octanol–water partition coefficient (Wildman–Crippen LogP) is 2.99. The van der Waals surface area contributed by atoms with Crippen molar-refractivity contribution in [3.05, 3.63) is 41.6 Å². The van der Waals surface area contributed by atoms with Crippen LogP contribution in [0, 0.1) is 0 Å². The molecule has 0 spiro atoms. The Morgan fingerprint density at radius 3 is 2.50 bits per heavy atom. The minimum absolute atomic E-state index is 0.667. The number of nitrogen functional groups attached to an aromatic ring is 1. The monoisotopic (exact) mass is 239 g/mol. The van der Waals surface area contributed by atoms with Gasteiger partial charge in [0.15, 0.2) is 5.82 Å². The Labute approximate surface area is 107 Å². The summed E-state index contributed by atoms with van der Waals surface area (Å²) in [5, 5.41) is 0. The average Bonchev–Trinajstić information content (AvgIpc) is 2.65. The summed E-state index contributed by atoms with van der Waals surface area (Å²) in [7, 11) is 0. The van der Waals surface area contributed by atoms with Crippen LogP contribution in [0.1, 0.15) is 30.5 Å². The van der Waals surface area contributed by atoms with Gasteiger partial charge in [-0.25, -0.2) is 9.97 Å². The first-order valence-electron chi connectivity index (χ1n) is 6.55. The van der Waals surface area contributed by atoms with Gasteiger partial charge < -0.3 is 5.73 Å². The Morgan fingerprint density at radius 2 is 1.67 bits per heavy atom. The third kappa shape index (κ3) is 2.08. The van der Waals surface area contributed by atoms with Crippen LogP contribution in [0.3, 0.4) is 0 Å². The van der Waals surface area contributed by atoms with E-state index < -0.39 is 0 Å². The summed E-state index contributed by atoms with van der Waals surface area (Å²) in [5.41, 5.74) is 9.46. The van der Waals surface area contributed by atoms with Gasteiger partial charge in [0, 0.05) is 16.8 Å². The second-order valence-corrected chi connectivity index (χ2v) is 4.78. The number of benzene rings is 1. The maximum atomic E-state index is 6.10. The third-order valence-electron chi connectivity index (χ3n) is 3.50. The number of aryl methyl sites for hydroxylation is 1. The van der Waals surface area contributed by atoms with Gasteiger partial charge in [0.1, 0.15) is 5.82 Å². The first-order chi connectivity index (χ1) is 8.84. The van der Waals surface area contributed by atoms with Crippen molar-refractivity contribution >= 4 is 5.82 Å². The second-order valence-electron chi connectivity index (χ2n) is 4.78. The summed E-state index contributed by atoms with van der Waals surface area (Å²) in [4.78, 5) is 9.18. The molecule has 0 radical (unpaired) electrons. The maximum Gasteiger partial charge on any atom is 0.161 e. The molecule has 3 rings (SSSR count). The SMILES string of the molecule is Nc1nc(-c2ccccc2)nc2c1CCCCC2. The van der Waals surface area contributed by atoms with Crippen molar-refractivity contribution < 1.29 is 0 Å². The summed E-state index contributed by atoms with van der Waals surface area (Å²) in [6.45, 7) is 0. The van der Waals surface area contributed by atoms with E-state index in [0.717, 1.165) is 29.9 Å². The standard InChI is InChI=1S/C15H17N3/c16-14-12-9-5-2-6-10-13(12)17-15(18-14)11-7-3-1-4-8-11/h1,3-4,7-8H,2,5-6,9-10H2,(H2,16,17,18). The zero-order valence-electron chi connectivity index (χ0n) is 10.4. The lowest BCUT2D eigenvalue weighted by Crippen LogP contribution is -2.06. The van der Waals surface area contributed by atoms with E-state index in [0.29, 0.717) is 5.82 Å². The molecule has 0 aliphatic heterocycles. The van der Waals surface area contributed by atoms with Crippen molar-refractivity contribution in [2.75, 3.05) is 5.73 Å². The fourth-order valence-electron chi connectivity index (χ4n) is 2.52. The first-order valence-corrected chi connectivity index (χ1v) is 6.55. The molecular formula is C15H17N3. The molecule has 0 bridgehead atoms. The van der Waals surface area contributed by atoms with E-state index in [-0.39, 0.29) is 0 Å². The molecule has 2 aromatic rings. The number of anilines is 1. The van der Waals surface area contributed by atoms with Crippen LogP contribution in [0.4, 0.5) is 5.82 Å². The molecule has 1 aliphatic rings. The van der Waals surface area contributed by atoms with E-state index in [1.165, 1.54) is 24.8 Å². The predicted molar refractivity (Wildman–Crippen MR) is 73.1 cm³/mol. The minimum atomic E-state index is 0.667. The van der Waals surface area contributed by atoms with E-state index in [1.54, 1.807) is 0 Å². The summed E-state index contributed by atoms with van der Waals surface area (Å²) in [6.07, 6.45) is 5.72. The molecule has 0 saturated carbocycles. The van der Waals surface area contributed by atoms with Crippen LogP contribution in [0.2, 0.25) is 0 Å². The van der Waals surface area contributed by atoms with Gasteiger partial charge in [0.25, 0.3) is 0 Å². The Kier molecular flexibility index (Phi) is 2.97. The normalized spacial score (nSPS) is 14.9. The molecule has 1 aromatic carbocycles. The van der Waals surface area contributed by atoms with Gasteiger partial charge in [-0.15, -0.1) is 0 Å². The number of nitrogens with two attached hydrogens (primary N) is 1. The van der Waals surface area contributed by atoms with Gasteiger partial charge in [-0.3, -0.25) is 0 Å². The molecule has 3 heteroatoms. The summed E-state index contributed by atoms with van der Waals surface area (Å²) >= 11 is 0. The van der Waals surface area contributed by atoms with Gasteiger partial charge in [-0.2, -0.15) is 0 Å². The highest BCUT2D eigenvalue weighted by molar-refractivity contribution is 5.58. The Morgan fingerprint density at radius 1 is 0.889 bits per heavy atom. The topological polar surface area (TPSA) is 51.8 Å². The Balaban J connectivity index is 2.08. The fourth-order valence-corrected chi connectivity index (χ4v) is 2.52. The minimum Gasteiger partial charge on any atom is -0.383 e. The van der Waals surface area contributed by atoms with Crippen LogP contribution in [-0.2, 0) is 12.8 Å². The van der Waals surface area contributed by atoms with E-state index >= 15 is 0 Å². The highest BCUT2D eigenvalue weighted by Crippen LogP contribution is 2.26. The largest absolute Gasteiger partial charge is 0.383 e. The lowest BCUT2D eigenvalue weighted by molar-refractivity contribution is 0.709. The quantitative estimate of drug-likeness (QED) is 0.778. The Bertz CT molecular complexity index is 549. The molecule has 0 saturated heterocycles. The second kappa shape index (κ2) is 4.77. The molecule has 1 aromatic heterocycles. The lowest BCUT2D eigenvalue weighted by atomic mass is 10.1. The van der Waals surface area contributed by atoms with Crippen LogP contribution < -0.4 is 5.73 Å². The molecule has 3 nitrogen and oxygen atoms in total. The molecular weight excluding hydrogens is 222 g/mol. The first kappa shape index (κ1) is 11.2. The van der Waals surface area contributed by atoms with Gasteiger partial charge in [-0.1, -0.05) is 36.8 Å². The summed E-state index contributed by atoms with van der Waals surface area (Å²) < 4.78 is 0. The van der Waals surface area contributed by atoms with Crippen LogP contribution in [-0.4, -0.2) is 9.97 Å². The number of rotatable bonds is 1. The smallest absolute Gasteiger partial charge is 0.161 e. The molecule has 92 valence electrons. The zero-order valence-corrected chi connectivity index (χ0v) is 10.4. The van der Waals surface area contributed by atoms with Crippen LogP contribution in [0.5, 0.6) is 0 Å². The van der Waals surface area contributed by atoms with Gasteiger partial charge in [0.2, 0.25) is 0 Å². The highest BCUT2D eigenvalue weighted by Gasteiger charge is 2.15. The van der Waals surface area contributed by atoms with E-state index in [1.807, 2.05) is 30.3 Å². The molecule has 0 atom stereocenters. The molecule has 18 heavy (non-hydrogen) atoms. The van der Waals surface area contributed by atoms with E-state index in [2.05, 4.69) is 4.98 Å². The molecule has 0 unspecified atom stereocenters. The highest BCUT2D eigenvalue weighted by atomic mass is 15.0. The maximum absolute atomic E-state index is 6.10. The Hall–Kier alpha value is -1.90. The van der Waals surface area contributed by atoms with E-state index in [4.69, 9.17) is 10.7 Å². The van der Waals surface area contributed by atoms with Crippen molar-refractivity contribution in [1.29, 1.82) is 0 Å². The zero-order chi connectivity index (χ0) is 12.4. The van der Waals surface area contributed by atoms with Gasteiger partial charge >= 0.3 is 0 Å².